The summed E-state index contributed by atoms with van der Waals surface area (Å²) < 4.78 is 16.5. The number of aryl methyl sites for hydroxylation is 1. The molecule has 0 saturated carbocycles. The minimum Gasteiger partial charge on any atom is -0.282 e. The highest BCUT2D eigenvalue weighted by atomic mass is 79.9. The van der Waals surface area contributed by atoms with Crippen molar-refractivity contribution in [2.45, 2.75) is 6.92 Å². The van der Waals surface area contributed by atoms with E-state index in [1.54, 1.807) is 22.7 Å². The van der Waals surface area contributed by atoms with E-state index in [2.05, 4.69) is 25.9 Å². The molecule has 0 amide bonds. The lowest BCUT2D eigenvalue weighted by Crippen LogP contribution is -1.93. The summed E-state index contributed by atoms with van der Waals surface area (Å²) in [7, 11) is 0. The van der Waals surface area contributed by atoms with Gasteiger partial charge in [0.1, 0.15) is 5.82 Å². The number of fused-ring (bicyclic) bond motifs is 1. The Morgan fingerprint density at radius 3 is 2.83 bits per heavy atom. The first-order valence-electron chi connectivity index (χ1n) is 5.42. The van der Waals surface area contributed by atoms with E-state index in [0.717, 1.165) is 15.9 Å². The molecule has 0 fully saturated rings. The van der Waals surface area contributed by atoms with E-state index in [1.165, 1.54) is 6.07 Å². The summed E-state index contributed by atoms with van der Waals surface area (Å²) in [5, 5.41) is 0. The molecule has 90 valence electrons. The van der Waals surface area contributed by atoms with Gasteiger partial charge in [0.25, 0.3) is 0 Å². The number of imidazole rings is 1. The predicted octanol–water partition coefficient (Wildman–Crippen LogP) is 3.61. The molecule has 1 aromatic carbocycles. The van der Waals surface area contributed by atoms with Gasteiger partial charge in [-0.05, 0) is 35.0 Å². The van der Waals surface area contributed by atoms with E-state index in [1.807, 2.05) is 19.2 Å². The zero-order valence-electron chi connectivity index (χ0n) is 9.56. The van der Waals surface area contributed by atoms with Crippen LogP contribution in [0.2, 0.25) is 0 Å². The molecule has 0 aliphatic heterocycles. The van der Waals surface area contributed by atoms with Gasteiger partial charge in [0.05, 0.1) is 15.9 Å². The Hall–Kier alpha value is -1.75. The van der Waals surface area contributed by atoms with Crippen LogP contribution in [0.3, 0.4) is 0 Å². The first kappa shape index (κ1) is 11.3. The van der Waals surface area contributed by atoms with Crippen LogP contribution >= 0.6 is 15.9 Å². The van der Waals surface area contributed by atoms with E-state index >= 15 is 0 Å². The summed E-state index contributed by atoms with van der Waals surface area (Å²) in [6.07, 6.45) is 3.51. The fourth-order valence-electron chi connectivity index (χ4n) is 2.00. The number of aromatic nitrogens is 3. The first-order valence-corrected chi connectivity index (χ1v) is 6.21. The van der Waals surface area contributed by atoms with E-state index < -0.39 is 0 Å². The fraction of sp³-hybridized carbons (Fsp3) is 0.0769. The van der Waals surface area contributed by atoms with Gasteiger partial charge in [0.2, 0.25) is 5.78 Å². The Balaban J connectivity index is 2.38. The second-order valence-electron chi connectivity index (χ2n) is 3.97. The fourth-order valence-corrected chi connectivity index (χ4v) is 2.31. The smallest absolute Gasteiger partial charge is 0.234 e. The van der Waals surface area contributed by atoms with Crippen molar-refractivity contribution in [3.05, 3.63) is 52.6 Å². The molecule has 2 heterocycles. The van der Waals surface area contributed by atoms with Crippen LogP contribution < -0.4 is 0 Å². The lowest BCUT2D eigenvalue weighted by Gasteiger charge is -2.04. The van der Waals surface area contributed by atoms with Crippen LogP contribution in [-0.4, -0.2) is 14.4 Å². The van der Waals surface area contributed by atoms with Gasteiger partial charge in [-0.15, -0.1) is 0 Å². The second-order valence-corrected chi connectivity index (χ2v) is 4.88. The molecule has 3 nitrogen and oxygen atoms in total. The summed E-state index contributed by atoms with van der Waals surface area (Å²) in [6, 6.07) is 6.67. The summed E-state index contributed by atoms with van der Waals surface area (Å²) in [4.78, 5) is 8.54. The molecule has 0 radical (unpaired) electrons. The van der Waals surface area contributed by atoms with E-state index in [9.17, 15) is 4.39 Å². The van der Waals surface area contributed by atoms with Gasteiger partial charge in [-0.1, -0.05) is 12.1 Å². The van der Waals surface area contributed by atoms with Gasteiger partial charge < -0.3 is 0 Å². The van der Waals surface area contributed by atoms with Crippen molar-refractivity contribution in [3.63, 3.8) is 0 Å². The summed E-state index contributed by atoms with van der Waals surface area (Å²) in [5.41, 5.74) is 2.02. The van der Waals surface area contributed by atoms with Crippen molar-refractivity contribution in [1.82, 2.24) is 14.4 Å². The van der Waals surface area contributed by atoms with Crippen LogP contribution in [0.4, 0.5) is 4.39 Å². The van der Waals surface area contributed by atoms with E-state index in [0.29, 0.717) is 11.3 Å². The molecule has 3 rings (SSSR count). The van der Waals surface area contributed by atoms with Gasteiger partial charge in [0.15, 0.2) is 0 Å². The van der Waals surface area contributed by atoms with E-state index in [-0.39, 0.29) is 5.82 Å². The monoisotopic (exact) mass is 305 g/mol. The molecule has 0 saturated heterocycles. The minimum absolute atomic E-state index is 0.262. The predicted molar refractivity (Wildman–Crippen MR) is 70.8 cm³/mol. The third-order valence-corrected chi connectivity index (χ3v) is 3.16. The summed E-state index contributed by atoms with van der Waals surface area (Å²) in [5.74, 6) is 0.302. The van der Waals surface area contributed by atoms with Crippen molar-refractivity contribution in [1.29, 1.82) is 0 Å². The molecule has 0 aliphatic carbocycles. The van der Waals surface area contributed by atoms with Crippen LogP contribution in [-0.2, 0) is 0 Å². The first-order chi connectivity index (χ1) is 8.66. The maximum atomic E-state index is 13.9. The third-order valence-electron chi connectivity index (χ3n) is 2.75. The zero-order valence-corrected chi connectivity index (χ0v) is 11.1. The highest BCUT2D eigenvalue weighted by Crippen LogP contribution is 2.27. The quantitative estimate of drug-likeness (QED) is 0.687. The Kier molecular flexibility index (Phi) is 2.63. The maximum absolute atomic E-state index is 13.9. The van der Waals surface area contributed by atoms with Crippen LogP contribution in [0.25, 0.3) is 17.0 Å². The molecule has 0 N–H and O–H groups in total. The second kappa shape index (κ2) is 4.17. The van der Waals surface area contributed by atoms with Crippen LogP contribution in [0.5, 0.6) is 0 Å². The molecular formula is C13H9BrFN3. The normalized spacial score (nSPS) is 11.1. The average molecular weight is 306 g/mol. The van der Waals surface area contributed by atoms with Crippen molar-refractivity contribution in [3.8, 4) is 11.3 Å². The number of halogens is 2. The standard InChI is InChI=1S/C13H9BrFN3/c1-8-12(10-4-2-3-5-11(10)15)18-7-9(14)6-16-13(18)17-8/h2-7H,1H3. The summed E-state index contributed by atoms with van der Waals surface area (Å²) >= 11 is 3.36. The van der Waals surface area contributed by atoms with Gasteiger partial charge in [-0.2, -0.15) is 0 Å². The van der Waals surface area contributed by atoms with Crippen LogP contribution in [0, 0.1) is 12.7 Å². The lowest BCUT2D eigenvalue weighted by molar-refractivity contribution is 0.630. The minimum atomic E-state index is -0.262. The molecule has 18 heavy (non-hydrogen) atoms. The third kappa shape index (κ3) is 1.71. The Labute approximate surface area is 111 Å². The molecule has 2 aromatic heterocycles. The summed E-state index contributed by atoms with van der Waals surface area (Å²) in [6.45, 7) is 1.85. The average Bonchev–Trinajstić information content (AvgIpc) is 2.66. The van der Waals surface area contributed by atoms with Gasteiger partial charge >= 0.3 is 0 Å². The lowest BCUT2D eigenvalue weighted by atomic mass is 10.1. The van der Waals surface area contributed by atoms with Gasteiger partial charge in [-0.3, -0.25) is 4.40 Å². The number of nitrogens with zero attached hydrogens (tertiary/aromatic N) is 3. The number of hydrogen-bond donors (Lipinski definition) is 0. The van der Waals surface area contributed by atoms with E-state index in [4.69, 9.17) is 0 Å². The highest BCUT2D eigenvalue weighted by molar-refractivity contribution is 9.10. The van der Waals surface area contributed by atoms with Crippen LogP contribution in [0.1, 0.15) is 5.69 Å². The van der Waals surface area contributed by atoms with Crippen LogP contribution in [0.15, 0.2) is 41.1 Å². The molecule has 0 unspecified atom stereocenters. The zero-order chi connectivity index (χ0) is 12.7. The molecule has 5 heteroatoms. The Morgan fingerprint density at radius 1 is 1.28 bits per heavy atom. The largest absolute Gasteiger partial charge is 0.282 e. The molecule has 0 spiro atoms. The van der Waals surface area contributed by atoms with Gasteiger partial charge in [0, 0.05) is 18.0 Å². The molecular weight excluding hydrogens is 297 g/mol. The van der Waals surface area contributed by atoms with Gasteiger partial charge in [-0.25, -0.2) is 14.4 Å². The number of hydrogen-bond acceptors (Lipinski definition) is 2. The number of benzene rings is 1. The topological polar surface area (TPSA) is 30.2 Å². The number of rotatable bonds is 1. The Morgan fingerprint density at radius 2 is 2.06 bits per heavy atom. The highest BCUT2D eigenvalue weighted by Gasteiger charge is 2.14. The molecule has 0 aliphatic rings. The maximum Gasteiger partial charge on any atom is 0.234 e. The van der Waals surface area contributed by atoms with Crippen molar-refractivity contribution in [2.24, 2.45) is 0 Å². The van der Waals surface area contributed by atoms with Crippen molar-refractivity contribution < 1.29 is 4.39 Å². The Bertz CT molecular complexity index is 736. The molecule has 0 atom stereocenters. The SMILES string of the molecule is Cc1nc2ncc(Br)cn2c1-c1ccccc1F. The molecule has 3 aromatic rings. The molecule has 0 bridgehead atoms. The van der Waals surface area contributed by atoms with Crippen molar-refractivity contribution >= 4 is 21.7 Å². The van der Waals surface area contributed by atoms with Crippen molar-refractivity contribution in [2.75, 3.05) is 0 Å².